The lowest BCUT2D eigenvalue weighted by Crippen LogP contribution is -2.26. The van der Waals surface area contributed by atoms with Crippen LogP contribution in [-0.2, 0) is 42.1 Å². The van der Waals surface area contributed by atoms with Crippen LogP contribution in [0.25, 0.3) is 22.3 Å². The van der Waals surface area contributed by atoms with Gasteiger partial charge in [0.1, 0.15) is 12.4 Å². The number of pyridine rings is 2. The molecule has 5 rings (SSSR count). The van der Waals surface area contributed by atoms with E-state index in [2.05, 4.69) is 0 Å². The Balaban J connectivity index is 1.67. The zero-order valence-corrected chi connectivity index (χ0v) is 18.8. The van der Waals surface area contributed by atoms with Crippen LogP contribution in [0.2, 0.25) is 0 Å². The number of aryl methyl sites for hydroxylation is 2. The summed E-state index contributed by atoms with van der Waals surface area (Å²) >= 11 is 1.34. The normalized spacial score (nSPS) is 13.9. The number of carbonyl (C=O) groups excluding carboxylic acids is 1. The van der Waals surface area contributed by atoms with Gasteiger partial charge in [0.2, 0.25) is 0 Å². The summed E-state index contributed by atoms with van der Waals surface area (Å²) in [5, 5.41) is 10.9. The first-order valence-electron chi connectivity index (χ1n) is 10.6. The van der Waals surface area contributed by atoms with E-state index in [4.69, 9.17) is 9.72 Å². The number of ether oxygens (including phenoxy) is 1. The molecule has 0 unspecified atom stereocenters. The van der Waals surface area contributed by atoms with Crippen LogP contribution in [-0.4, -0.2) is 32.6 Å². The van der Waals surface area contributed by atoms with Crippen LogP contribution in [0, 0.1) is 12.7 Å². The highest BCUT2D eigenvalue weighted by Gasteiger charge is 2.30. The van der Waals surface area contributed by atoms with E-state index in [0.717, 1.165) is 41.3 Å². The van der Waals surface area contributed by atoms with Crippen LogP contribution in [0.4, 0.5) is 4.39 Å². The van der Waals surface area contributed by atoms with Gasteiger partial charge < -0.3 is 14.4 Å². The van der Waals surface area contributed by atoms with Gasteiger partial charge in [0.05, 0.1) is 41.4 Å². The molecule has 0 bridgehead atoms. The largest absolute Gasteiger partial charge is 0.460 e. The Morgan fingerprint density at radius 1 is 1.28 bits per heavy atom. The van der Waals surface area contributed by atoms with Crippen molar-refractivity contribution >= 4 is 28.6 Å². The van der Waals surface area contributed by atoms with Gasteiger partial charge in [-0.2, -0.15) is 11.8 Å². The average Bonchev–Trinajstić information content (AvgIpc) is 3.15. The van der Waals surface area contributed by atoms with Crippen LogP contribution in [0.15, 0.2) is 16.9 Å². The molecule has 0 spiro atoms. The Labute approximate surface area is 188 Å². The zero-order chi connectivity index (χ0) is 22.6. The van der Waals surface area contributed by atoms with E-state index >= 15 is 0 Å². The van der Waals surface area contributed by atoms with E-state index in [1.54, 1.807) is 16.9 Å². The smallest absolute Gasteiger partial charge is 0.316 e. The number of esters is 1. The van der Waals surface area contributed by atoms with E-state index < -0.39 is 5.97 Å². The number of hydrogen-bond donors (Lipinski definition) is 1. The summed E-state index contributed by atoms with van der Waals surface area (Å²) in [5.74, 6) is -0.469. The minimum absolute atomic E-state index is 0.179. The first-order chi connectivity index (χ1) is 15.4. The number of fused-ring (bicyclic) bond motifs is 4. The van der Waals surface area contributed by atoms with E-state index in [0.29, 0.717) is 34.6 Å². The Kier molecular flexibility index (Phi) is 5.29. The third kappa shape index (κ3) is 3.16. The summed E-state index contributed by atoms with van der Waals surface area (Å²) in [6, 6.07) is 3.22. The van der Waals surface area contributed by atoms with Crippen molar-refractivity contribution in [3.05, 3.63) is 61.7 Å². The summed E-state index contributed by atoms with van der Waals surface area (Å²) in [5.41, 5.74) is 6.09. The van der Waals surface area contributed by atoms with Gasteiger partial charge in [-0.1, -0.05) is 0 Å². The molecule has 0 fully saturated rings. The quantitative estimate of drug-likeness (QED) is 0.466. The number of hydrogen-bond acceptors (Lipinski definition) is 6. The van der Waals surface area contributed by atoms with Gasteiger partial charge in [0.15, 0.2) is 0 Å². The number of rotatable bonds is 5. The minimum atomic E-state index is -0.406. The van der Waals surface area contributed by atoms with Crippen molar-refractivity contribution < 1.29 is 19.0 Å². The molecule has 6 nitrogen and oxygen atoms in total. The molecule has 2 aromatic heterocycles. The molecule has 0 saturated heterocycles. The number of carbonyl (C=O) groups is 1. The standard InChI is InChI=1S/C24H23FN2O4S/c1-12-14-4-3-5-15-16-8-27-20(23(16)26-19(22(14)15)7-18(12)25)6-13(9-28)17(24(27)30)10-31-21(29)11-32-2/h6-7,28H,3-5,8-11H2,1-2H3. The van der Waals surface area contributed by atoms with E-state index in [1.807, 2.05) is 6.92 Å². The van der Waals surface area contributed by atoms with Crippen molar-refractivity contribution in [2.75, 3.05) is 12.0 Å². The molecule has 2 aliphatic rings. The fourth-order valence-electron chi connectivity index (χ4n) is 4.96. The fourth-order valence-corrected chi connectivity index (χ4v) is 5.28. The maximum Gasteiger partial charge on any atom is 0.316 e. The molecule has 32 heavy (non-hydrogen) atoms. The molecule has 1 aliphatic carbocycles. The minimum Gasteiger partial charge on any atom is -0.460 e. The maximum atomic E-state index is 14.6. The van der Waals surface area contributed by atoms with Crippen LogP contribution in [0.5, 0.6) is 0 Å². The van der Waals surface area contributed by atoms with Gasteiger partial charge in [0.25, 0.3) is 5.56 Å². The highest BCUT2D eigenvalue weighted by molar-refractivity contribution is 7.99. The molecule has 8 heteroatoms. The third-order valence-electron chi connectivity index (χ3n) is 6.53. The molecule has 0 atom stereocenters. The zero-order valence-electron chi connectivity index (χ0n) is 18.0. The monoisotopic (exact) mass is 454 g/mol. The number of aliphatic hydroxyl groups excluding tert-OH is 1. The van der Waals surface area contributed by atoms with Crippen LogP contribution in [0.1, 0.15) is 39.8 Å². The van der Waals surface area contributed by atoms with Crippen LogP contribution in [0.3, 0.4) is 0 Å². The molecule has 1 aliphatic heterocycles. The van der Waals surface area contributed by atoms with Crippen molar-refractivity contribution in [1.29, 1.82) is 0 Å². The predicted octanol–water partition coefficient (Wildman–Crippen LogP) is 3.26. The topological polar surface area (TPSA) is 81.4 Å². The van der Waals surface area contributed by atoms with Gasteiger partial charge in [-0.05, 0) is 60.8 Å². The van der Waals surface area contributed by atoms with Crippen LogP contribution >= 0.6 is 11.8 Å². The van der Waals surface area contributed by atoms with E-state index in [1.165, 1.54) is 17.8 Å². The molecule has 0 saturated carbocycles. The number of aromatic nitrogens is 2. The highest BCUT2D eigenvalue weighted by Crippen LogP contribution is 2.41. The van der Waals surface area contributed by atoms with Crippen molar-refractivity contribution in [2.45, 2.75) is 45.9 Å². The summed E-state index contributed by atoms with van der Waals surface area (Å²) in [6.07, 6.45) is 4.39. The number of nitrogens with zero attached hydrogens (tertiary/aromatic N) is 2. The molecule has 3 aromatic rings. The molecular weight excluding hydrogens is 431 g/mol. The van der Waals surface area contributed by atoms with E-state index in [-0.39, 0.29) is 35.9 Å². The first kappa shape index (κ1) is 21.2. The van der Waals surface area contributed by atoms with Gasteiger partial charge in [0, 0.05) is 17.0 Å². The van der Waals surface area contributed by atoms with Gasteiger partial charge in [-0.25, -0.2) is 9.37 Å². The molecule has 3 heterocycles. The number of halogens is 1. The molecular formula is C24H23FN2O4S. The second-order valence-corrected chi connectivity index (χ2v) is 9.17. The van der Waals surface area contributed by atoms with Gasteiger partial charge in [-0.3, -0.25) is 9.59 Å². The fraction of sp³-hybridized carbons (Fsp3) is 0.375. The number of thioether (sulfide) groups is 1. The SMILES string of the molecule is CSCC(=O)OCc1c(CO)cc2n(c1=O)Cc1c-2nc2cc(F)c(C)c3c2c1CCC3. The Morgan fingerprint density at radius 2 is 2.06 bits per heavy atom. The van der Waals surface area contributed by atoms with Crippen molar-refractivity contribution in [1.82, 2.24) is 9.55 Å². The number of benzene rings is 1. The second kappa shape index (κ2) is 8.01. The summed E-state index contributed by atoms with van der Waals surface area (Å²) in [7, 11) is 0. The van der Waals surface area contributed by atoms with E-state index in [9.17, 15) is 19.1 Å². The lowest BCUT2D eigenvalue weighted by atomic mass is 9.85. The van der Waals surface area contributed by atoms with Crippen molar-refractivity contribution in [3.63, 3.8) is 0 Å². The summed E-state index contributed by atoms with van der Waals surface area (Å²) in [6.45, 7) is 1.65. The molecule has 0 amide bonds. The van der Waals surface area contributed by atoms with Gasteiger partial charge in [-0.15, -0.1) is 0 Å². The molecule has 1 aromatic carbocycles. The van der Waals surface area contributed by atoms with Crippen molar-refractivity contribution in [2.24, 2.45) is 0 Å². The second-order valence-electron chi connectivity index (χ2n) is 8.30. The molecule has 166 valence electrons. The maximum absolute atomic E-state index is 14.6. The Morgan fingerprint density at radius 3 is 2.81 bits per heavy atom. The predicted molar refractivity (Wildman–Crippen MR) is 121 cm³/mol. The Hall–Kier alpha value is -2.71. The molecule has 0 radical (unpaired) electrons. The Bertz CT molecular complexity index is 1350. The first-order valence-corrected chi connectivity index (χ1v) is 12.0. The summed E-state index contributed by atoms with van der Waals surface area (Å²) < 4.78 is 21.4. The van der Waals surface area contributed by atoms with Crippen molar-refractivity contribution in [3.8, 4) is 11.4 Å². The van der Waals surface area contributed by atoms with Crippen LogP contribution < -0.4 is 5.56 Å². The highest BCUT2D eigenvalue weighted by atomic mass is 32.2. The third-order valence-corrected chi connectivity index (χ3v) is 7.06. The lowest BCUT2D eigenvalue weighted by Gasteiger charge is -2.21. The summed E-state index contributed by atoms with van der Waals surface area (Å²) in [4.78, 5) is 29.9. The molecule has 1 N–H and O–H groups in total. The average molecular weight is 455 g/mol. The lowest BCUT2D eigenvalue weighted by molar-refractivity contribution is -0.141. The number of aliphatic hydroxyl groups is 1. The van der Waals surface area contributed by atoms with Gasteiger partial charge >= 0.3 is 5.97 Å².